The van der Waals surface area contributed by atoms with Gasteiger partial charge in [0.25, 0.3) is 0 Å². The van der Waals surface area contributed by atoms with Crippen molar-refractivity contribution in [1.29, 1.82) is 0 Å². The van der Waals surface area contributed by atoms with Gasteiger partial charge in [0.05, 0.1) is 12.6 Å². The number of hydrogen-bond acceptors (Lipinski definition) is 3. The number of hydrogen-bond donors (Lipinski definition) is 2. The number of benzene rings is 2. The van der Waals surface area contributed by atoms with Gasteiger partial charge in [0.15, 0.2) is 0 Å². The zero-order valence-corrected chi connectivity index (χ0v) is 16.3. The molecule has 1 heterocycles. The van der Waals surface area contributed by atoms with Crippen LogP contribution in [0.3, 0.4) is 0 Å². The Labute approximate surface area is 166 Å². The highest BCUT2D eigenvalue weighted by atomic mass is 35.5. The summed E-state index contributed by atoms with van der Waals surface area (Å²) in [6.07, 6.45) is 0. The van der Waals surface area contributed by atoms with Gasteiger partial charge in [-0.1, -0.05) is 42.5 Å². The molecule has 1 aliphatic rings. The van der Waals surface area contributed by atoms with Crippen LogP contribution in [-0.4, -0.2) is 37.0 Å². The molecule has 0 bridgehead atoms. The quantitative estimate of drug-likeness (QED) is 0.795. The maximum absolute atomic E-state index is 13.0. The van der Waals surface area contributed by atoms with Gasteiger partial charge in [-0.15, -0.1) is 12.4 Å². The summed E-state index contributed by atoms with van der Waals surface area (Å²) in [5.74, 6) is 0.429. The standard InChI is InChI=1S/C21H26FN3O.ClH/c1-15(16-7-9-19(22)10-8-16)24-21(26)14-25-12-18(11-23)20(13-25)17-5-3-2-4-6-17;/h2-10,15,18,20H,11-14,23H2,1H3,(H,24,26);1H/t15?,18-,20+;/m1./s1. The summed E-state index contributed by atoms with van der Waals surface area (Å²) in [5.41, 5.74) is 8.14. The molecule has 2 aromatic rings. The zero-order valence-electron chi connectivity index (χ0n) is 15.5. The molecule has 1 aliphatic heterocycles. The maximum Gasteiger partial charge on any atom is 0.234 e. The molecule has 3 atom stereocenters. The second kappa shape index (κ2) is 9.83. The van der Waals surface area contributed by atoms with E-state index in [9.17, 15) is 9.18 Å². The topological polar surface area (TPSA) is 58.4 Å². The summed E-state index contributed by atoms with van der Waals surface area (Å²) in [4.78, 5) is 14.6. The number of likely N-dealkylation sites (tertiary alicyclic amines) is 1. The van der Waals surface area contributed by atoms with E-state index in [4.69, 9.17) is 5.73 Å². The Bertz CT molecular complexity index is 726. The normalized spacial score (nSPS) is 20.7. The van der Waals surface area contributed by atoms with Crippen molar-refractivity contribution in [3.05, 3.63) is 71.5 Å². The first-order chi connectivity index (χ1) is 12.6. The van der Waals surface area contributed by atoms with Crippen LogP contribution in [0.4, 0.5) is 4.39 Å². The molecule has 1 amide bonds. The summed E-state index contributed by atoms with van der Waals surface area (Å²) in [5, 5.41) is 3.00. The summed E-state index contributed by atoms with van der Waals surface area (Å²) in [6, 6.07) is 16.4. The molecule has 1 unspecified atom stereocenters. The van der Waals surface area contributed by atoms with Crippen LogP contribution in [0.2, 0.25) is 0 Å². The molecule has 2 aromatic carbocycles. The molecule has 0 radical (unpaired) electrons. The lowest BCUT2D eigenvalue weighted by Gasteiger charge is -2.19. The van der Waals surface area contributed by atoms with Crippen LogP contribution in [-0.2, 0) is 4.79 Å². The van der Waals surface area contributed by atoms with E-state index < -0.39 is 0 Å². The molecule has 0 aliphatic carbocycles. The smallest absolute Gasteiger partial charge is 0.234 e. The third kappa shape index (κ3) is 5.51. The average molecular weight is 392 g/mol. The molecule has 4 nitrogen and oxygen atoms in total. The third-order valence-corrected chi connectivity index (χ3v) is 5.16. The van der Waals surface area contributed by atoms with Gasteiger partial charge in [0.2, 0.25) is 5.91 Å². The highest BCUT2D eigenvalue weighted by Gasteiger charge is 2.33. The SMILES string of the molecule is CC(NC(=O)CN1C[C@@H](CN)[C@H](c2ccccc2)C1)c1ccc(F)cc1.Cl. The minimum atomic E-state index is -0.274. The number of rotatable bonds is 6. The van der Waals surface area contributed by atoms with Gasteiger partial charge in [-0.2, -0.15) is 0 Å². The highest BCUT2D eigenvalue weighted by Crippen LogP contribution is 2.31. The van der Waals surface area contributed by atoms with Gasteiger partial charge in [-0.05, 0) is 42.6 Å². The largest absolute Gasteiger partial charge is 0.348 e. The minimum absolute atomic E-state index is 0. The Morgan fingerprint density at radius 3 is 2.48 bits per heavy atom. The number of carbonyl (C=O) groups is 1. The van der Waals surface area contributed by atoms with Gasteiger partial charge in [0, 0.05) is 19.0 Å². The Morgan fingerprint density at radius 1 is 1.19 bits per heavy atom. The Kier molecular flexibility index (Phi) is 7.78. The van der Waals surface area contributed by atoms with Crippen molar-refractivity contribution in [2.24, 2.45) is 11.7 Å². The lowest BCUT2D eigenvalue weighted by molar-refractivity contribution is -0.122. The maximum atomic E-state index is 13.0. The molecule has 0 spiro atoms. The number of nitrogens with one attached hydrogen (secondary N) is 1. The van der Waals surface area contributed by atoms with Crippen LogP contribution in [0, 0.1) is 11.7 Å². The van der Waals surface area contributed by atoms with Crippen molar-refractivity contribution in [2.75, 3.05) is 26.2 Å². The van der Waals surface area contributed by atoms with Crippen LogP contribution in [0.5, 0.6) is 0 Å². The second-order valence-electron chi connectivity index (χ2n) is 7.05. The molecule has 3 rings (SSSR count). The second-order valence-corrected chi connectivity index (χ2v) is 7.05. The number of amides is 1. The van der Waals surface area contributed by atoms with Gasteiger partial charge >= 0.3 is 0 Å². The minimum Gasteiger partial charge on any atom is -0.348 e. The Hall–Kier alpha value is -1.95. The first kappa shape index (κ1) is 21.4. The number of nitrogens with zero attached hydrogens (tertiary/aromatic N) is 1. The number of carbonyl (C=O) groups excluding carboxylic acids is 1. The molecular formula is C21H27ClFN3O. The average Bonchev–Trinajstić information content (AvgIpc) is 3.05. The fourth-order valence-corrected chi connectivity index (χ4v) is 3.73. The molecule has 0 aromatic heterocycles. The van der Waals surface area contributed by atoms with E-state index >= 15 is 0 Å². The predicted molar refractivity (Wildman–Crippen MR) is 108 cm³/mol. The van der Waals surface area contributed by atoms with Crippen molar-refractivity contribution in [3.63, 3.8) is 0 Å². The van der Waals surface area contributed by atoms with E-state index in [-0.39, 0.29) is 30.2 Å². The van der Waals surface area contributed by atoms with Gasteiger partial charge in [-0.3, -0.25) is 9.69 Å². The number of nitrogens with two attached hydrogens (primary N) is 1. The van der Waals surface area contributed by atoms with Gasteiger partial charge < -0.3 is 11.1 Å². The zero-order chi connectivity index (χ0) is 18.5. The molecule has 27 heavy (non-hydrogen) atoms. The lowest BCUT2D eigenvalue weighted by atomic mass is 9.89. The molecule has 146 valence electrons. The summed E-state index contributed by atoms with van der Waals surface area (Å²) < 4.78 is 13.0. The first-order valence-electron chi connectivity index (χ1n) is 9.09. The third-order valence-electron chi connectivity index (χ3n) is 5.16. The molecule has 1 saturated heterocycles. The van der Waals surface area contributed by atoms with E-state index in [0.29, 0.717) is 24.9 Å². The van der Waals surface area contributed by atoms with Crippen molar-refractivity contribution in [1.82, 2.24) is 10.2 Å². The van der Waals surface area contributed by atoms with E-state index in [2.05, 4.69) is 22.3 Å². The van der Waals surface area contributed by atoms with Gasteiger partial charge in [0.1, 0.15) is 5.82 Å². The predicted octanol–water partition coefficient (Wildman–Crippen LogP) is 3.10. The van der Waals surface area contributed by atoms with Crippen molar-refractivity contribution < 1.29 is 9.18 Å². The summed E-state index contributed by atoms with van der Waals surface area (Å²) >= 11 is 0. The van der Waals surface area contributed by atoms with Gasteiger partial charge in [-0.25, -0.2) is 4.39 Å². The van der Waals surface area contributed by atoms with Crippen molar-refractivity contribution in [2.45, 2.75) is 18.9 Å². The van der Waals surface area contributed by atoms with Crippen molar-refractivity contribution >= 4 is 18.3 Å². The molecule has 6 heteroatoms. The van der Waals surface area contributed by atoms with Crippen LogP contribution in [0.1, 0.15) is 30.0 Å². The molecule has 0 saturated carbocycles. The molecule has 3 N–H and O–H groups in total. The van der Waals surface area contributed by atoms with Crippen molar-refractivity contribution in [3.8, 4) is 0 Å². The Balaban J connectivity index is 0.00000261. The Morgan fingerprint density at radius 2 is 1.85 bits per heavy atom. The fraction of sp³-hybridized carbons (Fsp3) is 0.381. The van der Waals surface area contributed by atoms with Crippen LogP contribution in [0.15, 0.2) is 54.6 Å². The molecule has 1 fully saturated rings. The molecular weight excluding hydrogens is 365 g/mol. The van der Waals surface area contributed by atoms with Crippen LogP contribution in [0.25, 0.3) is 0 Å². The monoisotopic (exact) mass is 391 g/mol. The van der Waals surface area contributed by atoms with E-state index in [1.165, 1.54) is 17.7 Å². The van der Waals surface area contributed by atoms with E-state index in [1.807, 2.05) is 25.1 Å². The van der Waals surface area contributed by atoms with Crippen LogP contribution >= 0.6 is 12.4 Å². The highest BCUT2D eigenvalue weighted by molar-refractivity contribution is 5.85. The first-order valence-corrected chi connectivity index (χ1v) is 9.09. The summed E-state index contributed by atoms with van der Waals surface area (Å²) in [6.45, 7) is 4.54. The van der Waals surface area contributed by atoms with E-state index in [1.54, 1.807) is 12.1 Å². The lowest BCUT2D eigenvalue weighted by Crippen LogP contribution is -2.37. The van der Waals surface area contributed by atoms with E-state index in [0.717, 1.165) is 18.7 Å². The number of halogens is 2. The summed E-state index contributed by atoms with van der Waals surface area (Å²) in [7, 11) is 0. The van der Waals surface area contributed by atoms with Crippen LogP contribution < -0.4 is 11.1 Å². The fourth-order valence-electron chi connectivity index (χ4n) is 3.73.